The Morgan fingerprint density at radius 3 is 2.79 bits per heavy atom. The number of hydrogen-bond acceptors (Lipinski definition) is 2. The fourth-order valence-corrected chi connectivity index (χ4v) is 1.71. The van der Waals surface area contributed by atoms with Gasteiger partial charge in [-0.15, -0.1) is 0 Å². The van der Waals surface area contributed by atoms with Gasteiger partial charge in [0.15, 0.2) is 0 Å². The van der Waals surface area contributed by atoms with Crippen molar-refractivity contribution in [3.63, 3.8) is 0 Å². The standard InChI is InChI=1S/C11H17BrN2/c1-3-4-5-8-13-10-6-7-11(12)14-9(10)2/h6-7,13H,3-5,8H2,1-2H3. The number of rotatable bonds is 5. The predicted octanol–water partition coefficient (Wildman–Crippen LogP) is 3.75. The van der Waals surface area contributed by atoms with Gasteiger partial charge >= 0.3 is 0 Å². The largest absolute Gasteiger partial charge is 0.384 e. The van der Waals surface area contributed by atoms with Crippen LogP contribution in [0.2, 0.25) is 0 Å². The number of aromatic nitrogens is 1. The predicted molar refractivity (Wildman–Crippen MR) is 64.7 cm³/mol. The van der Waals surface area contributed by atoms with Crippen LogP contribution in [-0.4, -0.2) is 11.5 Å². The van der Waals surface area contributed by atoms with Crippen LogP contribution in [0.1, 0.15) is 31.9 Å². The molecule has 0 saturated carbocycles. The van der Waals surface area contributed by atoms with Gasteiger partial charge in [0.25, 0.3) is 0 Å². The molecule has 0 fully saturated rings. The molecule has 0 radical (unpaired) electrons. The van der Waals surface area contributed by atoms with Crippen LogP contribution >= 0.6 is 15.9 Å². The molecule has 3 heteroatoms. The highest BCUT2D eigenvalue weighted by Gasteiger charge is 1.98. The molecule has 14 heavy (non-hydrogen) atoms. The molecule has 1 aromatic rings. The first-order valence-corrected chi connectivity index (χ1v) is 5.90. The first-order valence-electron chi connectivity index (χ1n) is 5.11. The van der Waals surface area contributed by atoms with E-state index in [1.54, 1.807) is 0 Å². The minimum absolute atomic E-state index is 0.897. The summed E-state index contributed by atoms with van der Waals surface area (Å²) >= 11 is 3.35. The number of hydrogen-bond donors (Lipinski definition) is 1. The highest BCUT2D eigenvalue weighted by molar-refractivity contribution is 9.10. The van der Waals surface area contributed by atoms with Gasteiger partial charge in [-0.2, -0.15) is 0 Å². The molecule has 0 spiro atoms. The smallest absolute Gasteiger partial charge is 0.106 e. The monoisotopic (exact) mass is 256 g/mol. The molecule has 1 N–H and O–H groups in total. The first-order chi connectivity index (χ1) is 6.74. The van der Waals surface area contributed by atoms with E-state index in [2.05, 4.69) is 39.2 Å². The Labute approximate surface area is 94.3 Å². The summed E-state index contributed by atoms with van der Waals surface area (Å²) in [5.74, 6) is 0. The van der Waals surface area contributed by atoms with E-state index in [9.17, 15) is 0 Å². The molecule has 0 aliphatic rings. The van der Waals surface area contributed by atoms with Crippen molar-refractivity contribution in [2.45, 2.75) is 33.1 Å². The van der Waals surface area contributed by atoms with Crippen molar-refractivity contribution in [2.24, 2.45) is 0 Å². The minimum Gasteiger partial charge on any atom is -0.384 e. The first kappa shape index (κ1) is 11.5. The second kappa shape index (κ2) is 6.02. The second-order valence-electron chi connectivity index (χ2n) is 3.40. The third-order valence-corrected chi connectivity index (χ3v) is 2.59. The van der Waals surface area contributed by atoms with Gasteiger partial charge in [-0.25, -0.2) is 4.98 Å². The van der Waals surface area contributed by atoms with Crippen LogP contribution in [0.15, 0.2) is 16.7 Å². The van der Waals surface area contributed by atoms with Gasteiger partial charge in [0.1, 0.15) is 4.60 Å². The van der Waals surface area contributed by atoms with Crippen molar-refractivity contribution < 1.29 is 0 Å². The van der Waals surface area contributed by atoms with Crippen molar-refractivity contribution in [1.82, 2.24) is 4.98 Å². The van der Waals surface area contributed by atoms with Crippen molar-refractivity contribution >= 4 is 21.6 Å². The number of nitrogens with one attached hydrogen (secondary N) is 1. The molecule has 2 nitrogen and oxygen atoms in total. The lowest BCUT2D eigenvalue weighted by Gasteiger charge is -2.08. The average molecular weight is 257 g/mol. The molecular weight excluding hydrogens is 240 g/mol. The third-order valence-electron chi connectivity index (χ3n) is 2.15. The van der Waals surface area contributed by atoms with E-state index in [0.717, 1.165) is 22.5 Å². The van der Waals surface area contributed by atoms with E-state index in [0.29, 0.717) is 0 Å². The topological polar surface area (TPSA) is 24.9 Å². The number of aryl methyl sites for hydroxylation is 1. The fraction of sp³-hybridized carbons (Fsp3) is 0.545. The van der Waals surface area contributed by atoms with Gasteiger partial charge in [0, 0.05) is 6.54 Å². The van der Waals surface area contributed by atoms with Crippen LogP contribution in [0.25, 0.3) is 0 Å². The summed E-state index contributed by atoms with van der Waals surface area (Å²) in [5.41, 5.74) is 2.19. The summed E-state index contributed by atoms with van der Waals surface area (Å²) < 4.78 is 0.897. The summed E-state index contributed by atoms with van der Waals surface area (Å²) in [6.45, 7) is 5.28. The van der Waals surface area contributed by atoms with E-state index in [1.165, 1.54) is 19.3 Å². The molecule has 0 bridgehead atoms. The summed E-state index contributed by atoms with van der Waals surface area (Å²) in [6.07, 6.45) is 3.78. The third kappa shape index (κ3) is 3.66. The number of pyridine rings is 1. The molecule has 0 saturated heterocycles. The maximum Gasteiger partial charge on any atom is 0.106 e. The summed E-state index contributed by atoms with van der Waals surface area (Å²) in [5, 5.41) is 3.39. The Morgan fingerprint density at radius 1 is 1.36 bits per heavy atom. The van der Waals surface area contributed by atoms with E-state index in [1.807, 2.05) is 13.0 Å². The zero-order valence-corrected chi connectivity index (χ0v) is 10.4. The molecular formula is C11H17BrN2. The molecule has 0 unspecified atom stereocenters. The van der Waals surface area contributed by atoms with Crippen LogP contribution in [0, 0.1) is 6.92 Å². The summed E-state index contributed by atoms with van der Waals surface area (Å²) in [4.78, 5) is 4.33. The number of halogens is 1. The van der Waals surface area contributed by atoms with Crippen LogP contribution in [-0.2, 0) is 0 Å². The Morgan fingerprint density at radius 2 is 2.14 bits per heavy atom. The molecule has 0 aromatic carbocycles. The number of anilines is 1. The molecule has 0 amide bonds. The molecule has 0 atom stereocenters. The molecule has 0 aliphatic heterocycles. The molecule has 1 rings (SSSR count). The van der Waals surface area contributed by atoms with Crippen molar-refractivity contribution in [3.05, 3.63) is 22.4 Å². The highest BCUT2D eigenvalue weighted by Crippen LogP contribution is 2.15. The van der Waals surface area contributed by atoms with Gasteiger partial charge in [0.05, 0.1) is 11.4 Å². The maximum atomic E-state index is 4.33. The molecule has 1 heterocycles. The zero-order valence-electron chi connectivity index (χ0n) is 8.81. The van der Waals surface area contributed by atoms with E-state index in [-0.39, 0.29) is 0 Å². The van der Waals surface area contributed by atoms with Crippen LogP contribution < -0.4 is 5.32 Å². The van der Waals surface area contributed by atoms with Gasteiger partial charge in [-0.05, 0) is 41.4 Å². The highest BCUT2D eigenvalue weighted by atomic mass is 79.9. The van der Waals surface area contributed by atoms with Crippen molar-refractivity contribution in [1.29, 1.82) is 0 Å². The maximum absolute atomic E-state index is 4.33. The van der Waals surface area contributed by atoms with E-state index in [4.69, 9.17) is 0 Å². The van der Waals surface area contributed by atoms with E-state index >= 15 is 0 Å². The molecule has 1 aromatic heterocycles. The molecule has 0 aliphatic carbocycles. The minimum atomic E-state index is 0.897. The molecule has 78 valence electrons. The lowest BCUT2D eigenvalue weighted by molar-refractivity contribution is 0.743. The Kier molecular flexibility index (Phi) is 4.94. The zero-order chi connectivity index (χ0) is 10.4. The lowest BCUT2D eigenvalue weighted by Crippen LogP contribution is -2.03. The van der Waals surface area contributed by atoms with Crippen molar-refractivity contribution in [2.75, 3.05) is 11.9 Å². The van der Waals surface area contributed by atoms with Gasteiger partial charge in [0.2, 0.25) is 0 Å². The second-order valence-corrected chi connectivity index (χ2v) is 4.21. The Hall–Kier alpha value is -0.570. The van der Waals surface area contributed by atoms with Gasteiger partial charge in [-0.3, -0.25) is 0 Å². The van der Waals surface area contributed by atoms with Crippen LogP contribution in [0.5, 0.6) is 0 Å². The average Bonchev–Trinajstić information content (AvgIpc) is 2.15. The lowest BCUT2D eigenvalue weighted by atomic mass is 10.2. The van der Waals surface area contributed by atoms with E-state index < -0.39 is 0 Å². The van der Waals surface area contributed by atoms with Crippen LogP contribution in [0.3, 0.4) is 0 Å². The number of unbranched alkanes of at least 4 members (excludes halogenated alkanes) is 2. The van der Waals surface area contributed by atoms with Gasteiger partial charge < -0.3 is 5.32 Å². The quantitative estimate of drug-likeness (QED) is 0.641. The SMILES string of the molecule is CCCCCNc1ccc(Br)nc1C. The normalized spacial score (nSPS) is 10.2. The van der Waals surface area contributed by atoms with Crippen LogP contribution in [0.4, 0.5) is 5.69 Å². The summed E-state index contributed by atoms with van der Waals surface area (Å²) in [7, 11) is 0. The van der Waals surface area contributed by atoms with Gasteiger partial charge in [-0.1, -0.05) is 19.8 Å². The fourth-order valence-electron chi connectivity index (χ4n) is 1.32. The summed E-state index contributed by atoms with van der Waals surface area (Å²) in [6, 6.07) is 4.04. The number of nitrogens with zero attached hydrogens (tertiary/aromatic N) is 1. The Bertz CT molecular complexity index is 287. The Balaban J connectivity index is 2.42. The van der Waals surface area contributed by atoms with Crippen molar-refractivity contribution in [3.8, 4) is 0 Å².